The number of pyridine rings is 1. The number of benzene rings is 2. The van der Waals surface area contributed by atoms with Crippen molar-refractivity contribution in [2.75, 3.05) is 0 Å². The van der Waals surface area contributed by atoms with Crippen LogP contribution < -0.4 is 0 Å². The highest BCUT2D eigenvalue weighted by Crippen LogP contribution is 2.22. The largest absolute Gasteiger partial charge is 0.391 e. The second-order valence-corrected chi connectivity index (χ2v) is 4.95. The fourth-order valence-electron chi connectivity index (χ4n) is 2.31. The molecule has 0 atom stereocenters. The van der Waals surface area contributed by atoms with E-state index in [1.165, 1.54) is 6.07 Å². The van der Waals surface area contributed by atoms with Crippen molar-refractivity contribution in [3.8, 4) is 0 Å². The van der Waals surface area contributed by atoms with E-state index in [1.807, 2.05) is 37.3 Å². The molecule has 0 saturated carbocycles. The molecule has 4 heteroatoms. The van der Waals surface area contributed by atoms with Crippen LogP contribution in [0.4, 0.5) is 4.39 Å². The molecule has 0 aliphatic heterocycles. The molecule has 0 amide bonds. The average molecular weight is 294 g/mol. The maximum Gasteiger partial charge on any atom is 0.143 e. The average Bonchev–Trinajstić information content (AvgIpc) is 2.56. The summed E-state index contributed by atoms with van der Waals surface area (Å²) in [7, 11) is 0. The number of fused-ring (bicyclic) bond motifs is 1. The summed E-state index contributed by atoms with van der Waals surface area (Å²) in [6.07, 6.45) is 3.45. The molecular formula is C18H15FN2O. The summed E-state index contributed by atoms with van der Waals surface area (Å²) in [5.41, 5.74) is 2.52. The maximum absolute atomic E-state index is 13.8. The van der Waals surface area contributed by atoms with Crippen LogP contribution in [0.2, 0.25) is 0 Å². The van der Waals surface area contributed by atoms with Crippen molar-refractivity contribution >= 4 is 16.5 Å². The molecule has 1 aromatic heterocycles. The lowest BCUT2D eigenvalue weighted by Gasteiger charge is -2.07. The van der Waals surface area contributed by atoms with E-state index in [4.69, 9.17) is 4.84 Å². The van der Waals surface area contributed by atoms with Gasteiger partial charge in [-0.1, -0.05) is 35.5 Å². The van der Waals surface area contributed by atoms with Gasteiger partial charge in [-0.2, -0.15) is 0 Å². The van der Waals surface area contributed by atoms with Gasteiger partial charge in [0, 0.05) is 28.9 Å². The van der Waals surface area contributed by atoms with Gasteiger partial charge in [0.25, 0.3) is 0 Å². The van der Waals surface area contributed by atoms with Gasteiger partial charge in [-0.3, -0.25) is 4.98 Å². The van der Waals surface area contributed by atoms with E-state index in [0.29, 0.717) is 17.7 Å². The number of hydrogen-bond donors (Lipinski definition) is 0. The van der Waals surface area contributed by atoms with Crippen molar-refractivity contribution < 1.29 is 9.23 Å². The zero-order valence-corrected chi connectivity index (χ0v) is 12.2. The molecule has 22 heavy (non-hydrogen) atoms. The van der Waals surface area contributed by atoms with Crippen molar-refractivity contribution in [3.05, 3.63) is 77.9 Å². The van der Waals surface area contributed by atoms with Crippen LogP contribution in [0.25, 0.3) is 10.8 Å². The van der Waals surface area contributed by atoms with Gasteiger partial charge in [0.15, 0.2) is 0 Å². The van der Waals surface area contributed by atoms with Crippen molar-refractivity contribution in [1.82, 2.24) is 4.98 Å². The first-order valence-corrected chi connectivity index (χ1v) is 6.99. The fraction of sp³-hybridized carbons (Fsp3) is 0.111. The highest BCUT2D eigenvalue weighted by atomic mass is 19.1. The van der Waals surface area contributed by atoms with Crippen LogP contribution in [0.1, 0.15) is 18.1 Å². The zero-order valence-electron chi connectivity index (χ0n) is 12.2. The molecule has 3 aromatic rings. The number of hydrogen-bond acceptors (Lipinski definition) is 3. The summed E-state index contributed by atoms with van der Waals surface area (Å²) in [6, 6.07) is 14.3. The van der Waals surface area contributed by atoms with Crippen molar-refractivity contribution in [1.29, 1.82) is 0 Å². The van der Waals surface area contributed by atoms with Crippen LogP contribution in [0, 0.1) is 5.82 Å². The van der Waals surface area contributed by atoms with Gasteiger partial charge in [-0.15, -0.1) is 0 Å². The zero-order chi connectivity index (χ0) is 15.4. The molecule has 110 valence electrons. The molecule has 0 aliphatic carbocycles. The van der Waals surface area contributed by atoms with E-state index in [1.54, 1.807) is 24.5 Å². The van der Waals surface area contributed by atoms with E-state index >= 15 is 0 Å². The third kappa shape index (κ3) is 2.96. The standard InChI is InChI=1S/C18H15FN2O/c1-13(21-22-12-14-5-4-10-20-11-14)15-8-9-18(19)17-7-3-2-6-16(15)17/h2-11H,12H2,1H3/b21-13+. The molecule has 0 bridgehead atoms. The van der Waals surface area contributed by atoms with E-state index in [0.717, 1.165) is 16.5 Å². The Balaban J connectivity index is 1.84. The fourth-order valence-corrected chi connectivity index (χ4v) is 2.31. The first-order valence-electron chi connectivity index (χ1n) is 6.99. The number of aromatic nitrogens is 1. The van der Waals surface area contributed by atoms with E-state index < -0.39 is 0 Å². The lowest BCUT2D eigenvalue weighted by atomic mass is 10.0. The Morgan fingerprint density at radius 3 is 2.68 bits per heavy atom. The minimum Gasteiger partial charge on any atom is -0.391 e. The van der Waals surface area contributed by atoms with Crippen molar-refractivity contribution in [2.24, 2.45) is 5.16 Å². The van der Waals surface area contributed by atoms with E-state index in [2.05, 4.69) is 10.1 Å². The molecule has 2 aromatic carbocycles. The number of rotatable bonds is 4. The summed E-state index contributed by atoms with van der Waals surface area (Å²) in [5, 5.41) is 5.55. The van der Waals surface area contributed by atoms with E-state index in [-0.39, 0.29) is 5.82 Å². The summed E-state index contributed by atoms with van der Waals surface area (Å²) in [6.45, 7) is 2.20. The maximum atomic E-state index is 13.8. The normalized spacial score (nSPS) is 11.6. The highest BCUT2D eigenvalue weighted by molar-refractivity contribution is 6.09. The van der Waals surface area contributed by atoms with Crippen LogP contribution in [0.3, 0.4) is 0 Å². The molecule has 3 rings (SSSR count). The second kappa shape index (κ2) is 6.35. The Bertz CT molecular complexity index is 816. The van der Waals surface area contributed by atoms with Crippen LogP contribution >= 0.6 is 0 Å². The van der Waals surface area contributed by atoms with Gasteiger partial charge >= 0.3 is 0 Å². The number of oxime groups is 1. The molecule has 3 nitrogen and oxygen atoms in total. The molecule has 0 saturated heterocycles. The Morgan fingerprint density at radius 1 is 1.09 bits per heavy atom. The lowest BCUT2D eigenvalue weighted by Crippen LogP contribution is -1.99. The molecule has 1 heterocycles. The Morgan fingerprint density at radius 2 is 1.91 bits per heavy atom. The molecule has 0 spiro atoms. The highest BCUT2D eigenvalue weighted by Gasteiger charge is 2.08. The lowest BCUT2D eigenvalue weighted by molar-refractivity contribution is 0.130. The van der Waals surface area contributed by atoms with Gasteiger partial charge in [-0.25, -0.2) is 4.39 Å². The molecular weight excluding hydrogens is 279 g/mol. The minimum atomic E-state index is -0.233. The van der Waals surface area contributed by atoms with E-state index in [9.17, 15) is 4.39 Å². The summed E-state index contributed by atoms with van der Waals surface area (Å²) in [5.74, 6) is -0.233. The third-order valence-corrected chi connectivity index (χ3v) is 3.42. The van der Waals surface area contributed by atoms with Crippen LogP contribution in [0.15, 0.2) is 66.1 Å². The SMILES string of the molecule is C/C(=N\OCc1cccnc1)c1ccc(F)c2ccccc12. The minimum absolute atomic E-state index is 0.233. The van der Waals surface area contributed by atoms with Crippen LogP contribution in [-0.2, 0) is 11.4 Å². The van der Waals surface area contributed by atoms with Gasteiger partial charge < -0.3 is 4.84 Å². The summed E-state index contributed by atoms with van der Waals surface area (Å²) >= 11 is 0. The quantitative estimate of drug-likeness (QED) is 0.530. The van der Waals surface area contributed by atoms with Gasteiger partial charge in [-0.05, 0) is 30.5 Å². The van der Waals surface area contributed by atoms with Gasteiger partial charge in [0.05, 0.1) is 5.71 Å². The Hall–Kier alpha value is -2.75. The monoisotopic (exact) mass is 294 g/mol. The number of nitrogens with zero attached hydrogens (tertiary/aromatic N) is 2. The predicted octanol–water partition coefficient (Wildman–Crippen LogP) is 4.31. The molecule has 0 fully saturated rings. The number of halogens is 1. The molecule has 0 aliphatic rings. The van der Waals surface area contributed by atoms with Crippen LogP contribution in [0.5, 0.6) is 0 Å². The summed E-state index contributed by atoms with van der Waals surface area (Å²) < 4.78 is 13.8. The predicted molar refractivity (Wildman–Crippen MR) is 85.1 cm³/mol. The Kier molecular flexibility index (Phi) is 4.10. The molecule has 0 radical (unpaired) electrons. The smallest absolute Gasteiger partial charge is 0.143 e. The third-order valence-electron chi connectivity index (χ3n) is 3.42. The topological polar surface area (TPSA) is 34.5 Å². The molecule has 0 unspecified atom stereocenters. The van der Waals surface area contributed by atoms with Gasteiger partial charge in [0.1, 0.15) is 12.4 Å². The van der Waals surface area contributed by atoms with Crippen molar-refractivity contribution in [3.63, 3.8) is 0 Å². The van der Waals surface area contributed by atoms with Crippen molar-refractivity contribution in [2.45, 2.75) is 13.5 Å². The van der Waals surface area contributed by atoms with Gasteiger partial charge in [0.2, 0.25) is 0 Å². The second-order valence-electron chi connectivity index (χ2n) is 4.95. The Labute approximate surface area is 128 Å². The first kappa shape index (κ1) is 14.2. The molecule has 0 N–H and O–H groups in total. The first-order chi connectivity index (χ1) is 10.8. The summed E-state index contributed by atoms with van der Waals surface area (Å²) in [4.78, 5) is 9.39. The van der Waals surface area contributed by atoms with Crippen LogP contribution in [-0.4, -0.2) is 10.7 Å².